The summed E-state index contributed by atoms with van der Waals surface area (Å²) in [6.45, 7) is 3.46. The third-order valence-corrected chi connectivity index (χ3v) is 5.65. The molecule has 1 atom stereocenters. The lowest BCUT2D eigenvalue weighted by Crippen LogP contribution is -2.29. The van der Waals surface area contributed by atoms with E-state index >= 15 is 0 Å². The Hall–Kier alpha value is -1.62. The average Bonchev–Trinajstić information content (AvgIpc) is 2.78. The maximum absolute atomic E-state index is 12.9. The van der Waals surface area contributed by atoms with Gasteiger partial charge in [0, 0.05) is 16.8 Å². The van der Waals surface area contributed by atoms with Crippen LogP contribution in [0.3, 0.4) is 0 Å². The molecule has 1 unspecified atom stereocenters. The molecule has 130 valence electrons. The molecule has 0 amide bonds. The van der Waals surface area contributed by atoms with E-state index in [1.165, 1.54) is 0 Å². The highest BCUT2D eigenvalue weighted by atomic mass is 35.5. The van der Waals surface area contributed by atoms with Gasteiger partial charge in [-0.3, -0.25) is 9.00 Å². The molecule has 1 aliphatic heterocycles. The van der Waals surface area contributed by atoms with Crippen molar-refractivity contribution in [3.05, 3.63) is 63.6 Å². The number of Topliss-reactive ketones (excluding diaryl/α,β-unsaturated/α-hetero) is 1. The third kappa shape index (κ3) is 3.39. The molecule has 6 heteroatoms. The van der Waals surface area contributed by atoms with Gasteiger partial charge in [0.1, 0.15) is 5.76 Å². The van der Waals surface area contributed by atoms with E-state index < -0.39 is 16.4 Å². The molecule has 0 bridgehead atoms. The summed E-state index contributed by atoms with van der Waals surface area (Å²) in [5, 5.41) is 0.969. The fraction of sp³-hybridized carbons (Fsp3) is 0.211. The molecule has 0 aliphatic carbocycles. The molecular formula is C19H16Cl2O3S. The number of ether oxygens (including phenoxy) is 1. The van der Waals surface area contributed by atoms with Crippen LogP contribution in [-0.2, 0) is 20.3 Å². The van der Waals surface area contributed by atoms with Crippen LogP contribution in [0.15, 0.2) is 47.4 Å². The Morgan fingerprint density at radius 1 is 1.00 bits per heavy atom. The summed E-state index contributed by atoms with van der Waals surface area (Å²) < 4.78 is 17.7. The lowest BCUT2D eigenvalue weighted by atomic mass is 9.93. The smallest absolute Gasteiger partial charge is 0.210 e. The molecule has 0 saturated carbocycles. The minimum Gasteiger partial charge on any atom is -0.478 e. The molecule has 0 spiro atoms. The number of rotatable bonds is 3. The first-order valence-corrected chi connectivity index (χ1v) is 9.89. The fourth-order valence-corrected chi connectivity index (χ4v) is 3.94. The Labute approximate surface area is 159 Å². The van der Waals surface area contributed by atoms with Crippen LogP contribution < -0.4 is 0 Å². The van der Waals surface area contributed by atoms with Crippen LogP contribution in [-0.4, -0.2) is 21.8 Å². The molecule has 2 aromatic carbocycles. The summed E-state index contributed by atoms with van der Waals surface area (Å²) >= 11 is 12.2. The lowest BCUT2D eigenvalue weighted by molar-refractivity contribution is -0.125. The van der Waals surface area contributed by atoms with Gasteiger partial charge in [0.25, 0.3) is 0 Å². The van der Waals surface area contributed by atoms with Gasteiger partial charge in [-0.2, -0.15) is 0 Å². The molecule has 2 aromatic rings. The second-order valence-electron chi connectivity index (χ2n) is 6.25. The predicted octanol–water partition coefficient (Wildman–Crippen LogP) is 4.98. The molecule has 0 radical (unpaired) electrons. The van der Waals surface area contributed by atoms with Crippen molar-refractivity contribution in [2.45, 2.75) is 24.3 Å². The topological polar surface area (TPSA) is 43.4 Å². The SMILES string of the molecule is CS(=O)c1ccc(C2=C(c3ccc(Cl)cc3)C(=O)C(C)(C)O2)cc1Cl. The molecule has 3 rings (SSSR count). The summed E-state index contributed by atoms with van der Waals surface area (Å²) in [7, 11) is -1.19. The molecule has 0 aromatic heterocycles. The molecule has 0 fully saturated rings. The monoisotopic (exact) mass is 394 g/mol. The Morgan fingerprint density at radius 3 is 2.16 bits per heavy atom. The summed E-state index contributed by atoms with van der Waals surface area (Å²) in [6.07, 6.45) is 1.57. The van der Waals surface area contributed by atoms with Gasteiger partial charge in [-0.15, -0.1) is 0 Å². The molecule has 0 N–H and O–H groups in total. The third-order valence-electron chi connectivity index (χ3n) is 3.99. The Kier molecular flexibility index (Phi) is 4.80. The lowest BCUT2D eigenvalue weighted by Gasteiger charge is -2.18. The molecule has 1 aliphatic rings. The second kappa shape index (κ2) is 6.60. The van der Waals surface area contributed by atoms with Crippen molar-refractivity contribution in [3.8, 4) is 0 Å². The first-order valence-electron chi connectivity index (χ1n) is 7.58. The Morgan fingerprint density at radius 2 is 1.60 bits per heavy atom. The highest BCUT2D eigenvalue weighted by molar-refractivity contribution is 7.84. The number of hydrogen-bond acceptors (Lipinski definition) is 3. The van der Waals surface area contributed by atoms with Crippen LogP contribution in [0.2, 0.25) is 10.0 Å². The number of benzene rings is 2. The number of carbonyl (C=O) groups is 1. The standard InChI is InChI=1S/C19H16Cl2O3S/c1-19(2)18(22)16(11-4-7-13(20)8-5-11)17(24-19)12-6-9-15(25(3)23)14(21)10-12/h4-10H,1-3H3. The average molecular weight is 395 g/mol. The minimum absolute atomic E-state index is 0.107. The summed E-state index contributed by atoms with van der Waals surface area (Å²) in [5.74, 6) is 0.358. The first-order chi connectivity index (χ1) is 11.7. The van der Waals surface area contributed by atoms with E-state index in [4.69, 9.17) is 27.9 Å². The van der Waals surface area contributed by atoms with Crippen LogP contribution in [0, 0.1) is 0 Å². The summed E-state index contributed by atoms with van der Waals surface area (Å²) in [5.41, 5.74) is 0.920. The van der Waals surface area contributed by atoms with Gasteiger partial charge in [-0.25, -0.2) is 0 Å². The molecule has 3 nitrogen and oxygen atoms in total. The van der Waals surface area contributed by atoms with E-state index in [0.717, 1.165) is 5.56 Å². The van der Waals surface area contributed by atoms with Crippen molar-refractivity contribution in [1.82, 2.24) is 0 Å². The fourth-order valence-electron chi connectivity index (χ4n) is 2.71. The van der Waals surface area contributed by atoms with Gasteiger partial charge in [0.15, 0.2) is 5.60 Å². The second-order valence-corrected chi connectivity index (χ2v) is 8.44. The normalized spacial score (nSPS) is 17.6. The van der Waals surface area contributed by atoms with Crippen LogP contribution in [0.4, 0.5) is 0 Å². The van der Waals surface area contributed by atoms with E-state index in [2.05, 4.69) is 0 Å². The van der Waals surface area contributed by atoms with Crippen molar-refractivity contribution < 1.29 is 13.7 Å². The van der Waals surface area contributed by atoms with E-state index in [-0.39, 0.29) is 5.78 Å². The van der Waals surface area contributed by atoms with Crippen LogP contribution in [0.5, 0.6) is 0 Å². The van der Waals surface area contributed by atoms with Gasteiger partial charge in [0.05, 0.1) is 26.3 Å². The van der Waals surface area contributed by atoms with Gasteiger partial charge >= 0.3 is 0 Å². The molecule has 1 heterocycles. The predicted molar refractivity (Wildman–Crippen MR) is 102 cm³/mol. The number of carbonyl (C=O) groups excluding carboxylic acids is 1. The van der Waals surface area contributed by atoms with Crippen molar-refractivity contribution in [3.63, 3.8) is 0 Å². The molecule has 25 heavy (non-hydrogen) atoms. The Bertz CT molecular complexity index is 915. The van der Waals surface area contributed by atoms with Gasteiger partial charge in [-0.05, 0) is 49.7 Å². The zero-order valence-electron chi connectivity index (χ0n) is 13.9. The van der Waals surface area contributed by atoms with Crippen LogP contribution >= 0.6 is 23.2 Å². The van der Waals surface area contributed by atoms with Crippen molar-refractivity contribution in [1.29, 1.82) is 0 Å². The highest BCUT2D eigenvalue weighted by Gasteiger charge is 2.42. The number of hydrogen-bond donors (Lipinski definition) is 0. The van der Waals surface area contributed by atoms with Gasteiger partial charge in [-0.1, -0.05) is 35.3 Å². The maximum Gasteiger partial charge on any atom is 0.210 e. The van der Waals surface area contributed by atoms with Crippen LogP contribution in [0.25, 0.3) is 11.3 Å². The van der Waals surface area contributed by atoms with E-state index in [1.807, 2.05) is 0 Å². The zero-order chi connectivity index (χ0) is 18.4. The first kappa shape index (κ1) is 18.2. The quantitative estimate of drug-likeness (QED) is 0.737. The number of ketones is 1. The van der Waals surface area contributed by atoms with Crippen molar-refractivity contribution >= 4 is 51.1 Å². The molecular weight excluding hydrogens is 379 g/mol. The largest absolute Gasteiger partial charge is 0.478 e. The van der Waals surface area contributed by atoms with E-state index in [1.54, 1.807) is 62.6 Å². The molecule has 0 saturated heterocycles. The van der Waals surface area contributed by atoms with E-state index in [9.17, 15) is 9.00 Å². The minimum atomic E-state index is -1.19. The highest BCUT2D eigenvalue weighted by Crippen LogP contribution is 2.42. The summed E-state index contributed by atoms with van der Waals surface area (Å²) in [4.78, 5) is 13.4. The van der Waals surface area contributed by atoms with Gasteiger partial charge < -0.3 is 4.74 Å². The van der Waals surface area contributed by atoms with Crippen LogP contribution in [0.1, 0.15) is 25.0 Å². The van der Waals surface area contributed by atoms with Crippen molar-refractivity contribution in [2.75, 3.05) is 6.26 Å². The maximum atomic E-state index is 12.9. The summed E-state index contributed by atoms with van der Waals surface area (Å²) in [6, 6.07) is 12.2. The zero-order valence-corrected chi connectivity index (χ0v) is 16.3. The van der Waals surface area contributed by atoms with E-state index in [0.29, 0.717) is 31.8 Å². The number of halogens is 2. The van der Waals surface area contributed by atoms with Crippen molar-refractivity contribution in [2.24, 2.45) is 0 Å². The Balaban J connectivity index is 2.18. The van der Waals surface area contributed by atoms with Gasteiger partial charge in [0.2, 0.25) is 5.78 Å².